The molecule has 0 unspecified atom stereocenters. The van der Waals surface area contributed by atoms with E-state index in [9.17, 15) is 0 Å². The minimum atomic E-state index is 0.546. The molecule has 0 aliphatic carbocycles. The molecule has 148 valence electrons. The first-order valence-corrected chi connectivity index (χ1v) is 10.0. The van der Waals surface area contributed by atoms with Crippen LogP contribution in [0.5, 0.6) is 0 Å². The summed E-state index contributed by atoms with van der Waals surface area (Å²) in [6.45, 7) is 0. The molecule has 6 aromatic rings. The fourth-order valence-corrected chi connectivity index (χ4v) is 3.63. The van der Waals surface area contributed by atoms with E-state index in [1.54, 1.807) is 0 Å². The summed E-state index contributed by atoms with van der Waals surface area (Å²) < 4.78 is 13.8. The van der Waals surface area contributed by atoms with Crippen LogP contribution in [0, 0.1) is 0 Å². The molecule has 0 saturated heterocycles. The van der Waals surface area contributed by atoms with Crippen LogP contribution in [0.2, 0.25) is 0 Å². The number of benzene rings is 3. The van der Waals surface area contributed by atoms with Gasteiger partial charge in [0.15, 0.2) is 11.3 Å². The number of aromatic nitrogens is 3. The Balaban J connectivity index is 1.46. The highest BCUT2D eigenvalue weighted by Crippen LogP contribution is 2.31. The Kier molecular flexibility index (Phi) is 4.03. The van der Waals surface area contributed by atoms with E-state index in [4.69, 9.17) is 13.9 Å². The maximum Gasteiger partial charge on any atom is 0.220 e. The molecule has 5 nitrogen and oxygen atoms in total. The van der Waals surface area contributed by atoms with Crippen LogP contribution in [-0.4, -0.2) is 14.8 Å². The molecule has 31 heavy (non-hydrogen) atoms. The molecule has 0 N–H and O–H groups in total. The van der Waals surface area contributed by atoms with Crippen LogP contribution < -0.4 is 0 Å². The molecule has 5 heteroatoms. The number of rotatable bonds is 4. The van der Waals surface area contributed by atoms with Gasteiger partial charge in [0.1, 0.15) is 16.8 Å². The number of hydrogen-bond acceptors (Lipinski definition) is 4. The summed E-state index contributed by atoms with van der Waals surface area (Å²) in [5, 5.41) is 5.86. The first-order valence-electron chi connectivity index (χ1n) is 10.0. The van der Waals surface area contributed by atoms with Gasteiger partial charge in [-0.05, 0) is 42.5 Å². The van der Waals surface area contributed by atoms with Crippen molar-refractivity contribution in [2.24, 2.45) is 0 Å². The Hall–Kier alpha value is -4.38. The summed E-state index contributed by atoms with van der Waals surface area (Å²) in [5.41, 5.74) is 5.07. The zero-order valence-corrected chi connectivity index (χ0v) is 16.5. The molecule has 3 aromatic carbocycles. The fraction of sp³-hybridized carbons (Fsp3) is 0. The van der Waals surface area contributed by atoms with Crippen LogP contribution in [0.15, 0.2) is 100.0 Å². The molecule has 0 aliphatic rings. The van der Waals surface area contributed by atoms with Gasteiger partial charge in [0.2, 0.25) is 5.89 Å². The van der Waals surface area contributed by atoms with Crippen molar-refractivity contribution in [2.75, 3.05) is 0 Å². The SMILES string of the molecule is C(=C\c1cn(-c2ccccc2)nc1-c1cc2ccccc2o1)/c1nc2ccccc2o1. The Morgan fingerprint density at radius 3 is 2.35 bits per heavy atom. The van der Waals surface area contributed by atoms with Crippen LogP contribution in [0.4, 0.5) is 0 Å². The molecule has 0 amide bonds. The Morgan fingerprint density at radius 1 is 0.742 bits per heavy atom. The quantitative estimate of drug-likeness (QED) is 0.333. The molecule has 0 spiro atoms. The second-order valence-corrected chi connectivity index (χ2v) is 7.21. The molecule has 0 radical (unpaired) electrons. The van der Waals surface area contributed by atoms with E-state index in [1.165, 1.54) is 0 Å². The van der Waals surface area contributed by atoms with Gasteiger partial charge in [-0.1, -0.05) is 48.5 Å². The summed E-state index contributed by atoms with van der Waals surface area (Å²) in [7, 11) is 0. The molecule has 0 atom stereocenters. The summed E-state index contributed by atoms with van der Waals surface area (Å²) in [6.07, 6.45) is 5.80. The summed E-state index contributed by atoms with van der Waals surface area (Å²) in [6, 6.07) is 27.7. The smallest absolute Gasteiger partial charge is 0.220 e. The highest BCUT2D eigenvalue weighted by molar-refractivity contribution is 5.85. The maximum absolute atomic E-state index is 6.10. The van der Waals surface area contributed by atoms with Crippen molar-refractivity contribution >= 4 is 34.2 Å². The number of nitrogens with zero attached hydrogens (tertiary/aromatic N) is 3. The first-order chi connectivity index (χ1) is 15.3. The lowest BCUT2D eigenvalue weighted by atomic mass is 10.2. The Morgan fingerprint density at radius 2 is 1.52 bits per heavy atom. The van der Waals surface area contributed by atoms with Gasteiger partial charge in [0.25, 0.3) is 0 Å². The van der Waals surface area contributed by atoms with Crippen molar-refractivity contribution in [1.82, 2.24) is 14.8 Å². The lowest BCUT2D eigenvalue weighted by Crippen LogP contribution is -1.93. The minimum absolute atomic E-state index is 0.546. The van der Waals surface area contributed by atoms with Crippen molar-refractivity contribution in [3.05, 3.63) is 103 Å². The van der Waals surface area contributed by atoms with E-state index in [0.717, 1.165) is 39.0 Å². The van der Waals surface area contributed by atoms with Crippen LogP contribution >= 0.6 is 0 Å². The standard InChI is InChI=1S/C26H17N3O2/c1-2-9-20(10-3-1)29-17-19(14-15-25-27-21-11-5-7-13-23(21)31-25)26(28-29)24-16-18-8-4-6-12-22(18)30-24/h1-17H/b15-14+. The van der Waals surface area contributed by atoms with E-state index < -0.39 is 0 Å². The Labute approximate surface area is 177 Å². The molecule has 0 fully saturated rings. The van der Waals surface area contributed by atoms with Crippen molar-refractivity contribution in [3.8, 4) is 17.1 Å². The highest BCUT2D eigenvalue weighted by atomic mass is 16.3. The molecule has 3 aromatic heterocycles. The first kappa shape index (κ1) is 17.5. The van der Waals surface area contributed by atoms with Crippen LogP contribution in [0.1, 0.15) is 11.5 Å². The fourth-order valence-electron chi connectivity index (χ4n) is 3.63. The molecule has 0 bridgehead atoms. The van der Waals surface area contributed by atoms with Crippen molar-refractivity contribution in [1.29, 1.82) is 0 Å². The van der Waals surface area contributed by atoms with Gasteiger partial charge in [-0.2, -0.15) is 5.10 Å². The van der Waals surface area contributed by atoms with E-state index in [0.29, 0.717) is 11.7 Å². The largest absolute Gasteiger partial charge is 0.454 e. The third kappa shape index (κ3) is 3.22. The maximum atomic E-state index is 6.10. The lowest BCUT2D eigenvalue weighted by Gasteiger charge is -1.98. The predicted molar refractivity (Wildman–Crippen MR) is 122 cm³/mol. The Bertz CT molecular complexity index is 1470. The number of furan rings is 1. The topological polar surface area (TPSA) is 57.0 Å². The molecule has 0 saturated carbocycles. The highest BCUT2D eigenvalue weighted by Gasteiger charge is 2.15. The molecular weight excluding hydrogens is 386 g/mol. The van der Waals surface area contributed by atoms with E-state index >= 15 is 0 Å². The van der Waals surface area contributed by atoms with Gasteiger partial charge >= 0.3 is 0 Å². The number of para-hydroxylation sites is 4. The van der Waals surface area contributed by atoms with E-state index in [2.05, 4.69) is 4.98 Å². The average Bonchev–Trinajstić information content (AvgIpc) is 3.53. The predicted octanol–water partition coefficient (Wildman–Crippen LogP) is 6.60. The summed E-state index contributed by atoms with van der Waals surface area (Å²) >= 11 is 0. The second-order valence-electron chi connectivity index (χ2n) is 7.21. The molecule has 0 aliphatic heterocycles. The van der Waals surface area contributed by atoms with E-state index in [-0.39, 0.29) is 0 Å². The third-order valence-corrected chi connectivity index (χ3v) is 5.14. The zero-order valence-electron chi connectivity index (χ0n) is 16.5. The molecule has 6 rings (SSSR count). The van der Waals surface area contributed by atoms with Gasteiger partial charge in [0, 0.05) is 23.2 Å². The number of hydrogen-bond donors (Lipinski definition) is 0. The van der Waals surface area contributed by atoms with Gasteiger partial charge in [-0.3, -0.25) is 0 Å². The molecular formula is C26H17N3O2. The van der Waals surface area contributed by atoms with Gasteiger partial charge < -0.3 is 8.83 Å². The number of oxazole rings is 1. The normalized spacial score (nSPS) is 11.7. The lowest BCUT2D eigenvalue weighted by molar-refractivity contribution is 0.589. The van der Waals surface area contributed by atoms with Crippen LogP contribution in [-0.2, 0) is 0 Å². The van der Waals surface area contributed by atoms with E-state index in [1.807, 2.05) is 108 Å². The van der Waals surface area contributed by atoms with Crippen molar-refractivity contribution < 1.29 is 8.83 Å². The molecule has 3 heterocycles. The third-order valence-electron chi connectivity index (χ3n) is 5.14. The summed E-state index contributed by atoms with van der Waals surface area (Å²) in [4.78, 5) is 4.53. The monoisotopic (exact) mass is 403 g/mol. The van der Waals surface area contributed by atoms with Crippen molar-refractivity contribution in [2.45, 2.75) is 0 Å². The van der Waals surface area contributed by atoms with Gasteiger partial charge in [0.05, 0.1) is 5.69 Å². The number of fused-ring (bicyclic) bond motifs is 2. The van der Waals surface area contributed by atoms with Crippen molar-refractivity contribution in [3.63, 3.8) is 0 Å². The summed E-state index contributed by atoms with van der Waals surface area (Å²) in [5.74, 6) is 1.26. The zero-order chi connectivity index (χ0) is 20.6. The minimum Gasteiger partial charge on any atom is -0.454 e. The second kappa shape index (κ2) is 7.15. The van der Waals surface area contributed by atoms with Crippen LogP contribution in [0.25, 0.3) is 51.4 Å². The van der Waals surface area contributed by atoms with Crippen LogP contribution in [0.3, 0.4) is 0 Å². The average molecular weight is 403 g/mol. The van der Waals surface area contributed by atoms with Gasteiger partial charge in [-0.15, -0.1) is 0 Å². The van der Waals surface area contributed by atoms with Gasteiger partial charge in [-0.25, -0.2) is 9.67 Å².